The van der Waals surface area contributed by atoms with Crippen LogP contribution in [0.3, 0.4) is 0 Å². The first-order valence-corrected chi connectivity index (χ1v) is 11.9. The molecule has 0 saturated carbocycles. The Morgan fingerprint density at radius 3 is 2.39 bits per heavy atom. The molecule has 5 nitrogen and oxygen atoms in total. The number of aryl methyl sites for hydroxylation is 1. The van der Waals surface area contributed by atoms with Crippen LogP contribution in [0.4, 0.5) is 5.69 Å². The first-order chi connectivity index (χ1) is 15.9. The van der Waals surface area contributed by atoms with Gasteiger partial charge in [-0.1, -0.05) is 32.0 Å². The van der Waals surface area contributed by atoms with Crippen LogP contribution < -0.4 is 4.74 Å². The van der Waals surface area contributed by atoms with Crippen LogP contribution in [0.15, 0.2) is 70.6 Å². The number of nitrogens with zero attached hydrogens (tertiary/aromatic N) is 3. The van der Waals surface area contributed by atoms with Gasteiger partial charge in [-0.05, 0) is 85.6 Å². The lowest BCUT2D eigenvalue weighted by Gasteiger charge is -2.17. The molecule has 1 fully saturated rings. The van der Waals surface area contributed by atoms with Crippen LogP contribution >= 0.6 is 11.8 Å². The van der Waals surface area contributed by atoms with E-state index in [9.17, 15) is 4.79 Å². The highest BCUT2D eigenvalue weighted by Gasteiger charge is 2.34. The summed E-state index contributed by atoms with van der Waals surface area (Å²) in [6, 6.07) is 19.9. The van der Waals surface area contributed by atoms with E-state index in [1.54, 1.807) is 12.0 Å². The molecule has 2 heterocycles. The van der Waals surface area contributed by atoms with Gasteiger partial charge in [-0.15, -0.1) is 0 Å². The molecule has 0 unspecified atom stereocenters. The predicted octanol–water partition coefficient (Wildman–Crippen LogP) is 6.36. The number of ether oxygens (including phenoxy) is 1. The molecule has 170 valence electrons. The summed E-state index contributed by atoms with van der Waals surface area (Å²) in [6.45, 7) is 9.03. The van der Waals surface area contributed by atoms with Gasteiger partial charge in [-0.25, -0.2) is 4.99 Å². The number of hydrogen-bond donors (Lipinski definition) is 0. The Labute approximate surface area is 199 Å². The van der Waals surface area contributed by atoms with E-state index in [0.717, 1.165) is 39.2 Å². The van der Waals surface area contributed by atoms with Crippen molar-refractivity contribution >= 4 is 34.6 Å². The van der Waals surface area contributed by atoms with Crippen molar-refractivity contribution in [2.75, 3.05) is 13.7 Å². The second-order valence-corrected chi connectivity index (χ2v) is 9.52. The number of para-hydroxylation sites is 1. The van der Waals surface area contributed by atoms with E-state index < -0.39 is 0 Å². The Morgan fingerprint density at radius 1 is 1.06 bits per heavy atom. The van der Waals surface area contributed by atoms with Crippen molar-refractivity contribution in [2.24, 2.45) is 10.9 Å². The molecule has 0 aliphatic carbocycles. The monoisotopic (exact) mass is 459 g/mol. The van der Waals surface area contributed by atoms with Crippen molar-refractivity contribution in [3.8, 4) is 11.4 Å². The van der Waals surface area contributed by atoms with Gasteiger partial charge in [-0.2, -0.15) is 0 Å². The van der Waals surface area contributed by atoms with Crippen molar-refractivity contribution in [2.45, 2.75) is 27.7 Å². The second kappa shape index (κ2) is 9.71. The maximum Gasteiger partial charge on any atom is 0.266 e. The predicted molar refractivity (Wildman–Crippen MR) is 137 cm³/mol. The van der Waals surface area contributed by atoms with Gasteiger partial charge in [0.1, 0.15) is 5.75 Å². The number of aromatic nitrogens is 1. The lowest BCUT2D eigenvalue weighted by atomic mass is 10.2. The molecule has 2 aromatic carbocycles. The molecule has 3 aromatic rings. The zero-order valence-corrected chi connectivity index (χ0v) is 20.5. The Bertz CT molecular complexity index is 1210. The maximum atomic E-state index is 13.3. The molecule has 4 rings (SSSR count). The van der Waals surface area contributed by atoms with Gasteiger partial charge in [0.2, 0.25) is 0 Å². The summed E-state index contributed by atoms with van der Waals surface area (Å²) >= 11 is 1.44. The molecule has 1 amide bonds. The van der Waals surface area contributed by atoms with Crippen LogP contribution in [0.25, 0.3) is 11.8 Å². The molecular weight excluding hydrogens is 430 g/mol. The largest absolute Gasteiger partial charge is 0.497 e. The zero-order valence-electron chi connectivity index (χ0n) is 19.7. The van der Waals surface area contributed by atoms with E-state index in [0.29, 0.717) is 17.4 Å². The fourth-order valence-corrected chi connectivity index (χ4v) is 4.93. The number of carbonyl (C=O) groups is 1. The van der Waals surface area contributed by atoms with Gasteiger partial charge >= 0.3 is 0 Å². The highest BCUT2D eigenvalue weighted by Crippen LogP contribution is 2.36. The maximum absolute atomic E-state index is 13.3. The van der Waals surface area contributed by atoms with Crippen LogP contribution in [0.2, 0.25) is 0 Å². The van der Waals surface area contributed by atoms with E-state index in [1.807, 2.05) is 60.7 Å². The highest BCUT2D eigenvalue weighted by atomic mass is 32.2. The van der Waals surface area contributed by atoms with Gasteiger partial charge in [0.05, 0.1) is 17.7 Å². The van der Waals surface area contributed by atoms with Crippen LogP contribution in [-0.4, -0.2) is 34.2 Å². The minimum Gasteiger partial charge on any atom is -0.497 e. The van der Waals surface area contributed by atoms with Gasteiger partial charge < -0.3 is 9.30 Å². The molecule has 1 aromatic heterocycles. The van der Waals surface area contributed by atoms with Gasteiger partial charge in [0.25, 0.3) is 5.91 Å². The first-order valence-electron chi connectivity index (χ1n) is 11.1. The molecule has 1 saturated heterocycles. The number of carbonyl (C=O) groups excluding carboxylic acids is 1. The third kappa shape index (κ3) is 4.91. The molecule has 0 atom stereocenters. The topological polar surface area (TPSA) is 46.8 Å². The molecule has 6 heteroatoms. The van der Waals surface area contributed by atoms with E-state index >= 15 is 0 Å². The van der Waals surface area contributed by atoms with Crippen LogP contribution in [0.5, 0.6) is 5.75 Å². The van der Waals surface area contributed by atoms with Gasteiger partial charge in [0.15, 0.2) is 5.17 Å². The third-order valence-corrected chi connectivity index (χ3v) is 6.51. The lowest BCUT2D eigenvalue weighted by molar-refractivity contribution is -0.122. The summed E-state index contributed by atoms with van der Waals surface area (Å²) < 4.78 is 7.48. The zero-order chi connectivity index (χ0) is 23.5. The summed E-state index contributed by atoms with van der Waals surface area (Å²) in [5, 5.41) is 0.732. The van der Waals surface area contributed by atoms with Crippen molar-refractivity contribution in [3.05, 3.63) is 82.5 Å². The molecule has 33 heavy (non-hydrogen) atoms. The van der Waals surface area contributed by atoms with Gasteiger partial charge in [0, 0.05) is 23.6 Å². The number of methoxy groups -OCH3 is 1. The first kappa shape index (κ1) is 22.9. The molecule has 0 spiro atoms. The molecule has 0 bridgehead atoms. The van der Waals surface area contributed by atoms with Gasteiger partial charge in [-0.3, -0.25) is 9.69 Å². The average molecular weight is 460 g/mol. The normalized spacial score (nSPS) is 16.4. The Balaban J connectivity index is 1.70. The number of aliphatic imine (C=N–C) groups is 1. The number of thioether (sulfide) groups is 1. The lowest BCUT2D eigenvalue weighted by Crippen LogP contribution is -2.32. The highest BCUT2D eigenvalue weighted by molar-refractivity contribution is 8.18. The molecule has 0 radical (unpaired) electrons. The summed E-state index contributed by atoms with van der Waals surface area (Å²) in [4.78, 5) is 20.6. The average Bonchev–Trinajstić information content (AvgIpc) is 3.24. The smallest absolute Gasteiger partial charge is 0.266 e. The molecular formula is C27H29N3O2S. The Hall–Kier alpha value is -3.25. The van der Waals surface area contributed by atoms with Crippen LogP contribution in [0.1, 0.15) is 30.8 Å². The number of hydrogen-bond acceptors (Lipinski definition) is 4. The van der Waals surface area contributed by atoms with Crippen LogP contribution in [0, 0.1) is 19.8 Å². The van der Waals surface area contributed by atoms with E-state index in [-0.39, 0.29) is 5.91 Å². The van der Waals surface area contributed by atoms with E-state index in [4.69, 9.17) is 9.73 Å². The SMILES string of the molecule is COc1ccc(-n2c(C)cc(/C=C3\SC(=Nc4ccccc4)N(CC(C)C)C3=O)c2C)cc1. The quantitative estimate of drug-likeness (QED) is 0.403. The fourth-order valence-electron chi connectivity index (χ4n) is 3.93. The van der Waals surface area contributed by atoms with E-state index in [1.165, 1.54) is 11.8 Å². The number of rotatable bonds is 6. The van der Waals surface area contributed by atoms with Crippen molar-refractivity contribution in [1.29, 1.82) is 0 Å². The molecule has 0 N–H and O–H groups in total. The minimum atomic E-state index is 0.0117. The summed E-state index contributed by atoms with van der Waals surface area (Å²) in [5.41, 5.74) is 5.14. The third-order valence-electron chi connectivity index (χ3n) is 5.50. The molecule has 1 aliphatic rings. The minimum absolute atomic E-state index is 0.0117. The Kier molecular flexibility index (Phi) is 6.75. The second-order valence-electron chi connectivity index (χ2n) is 8.51. The number of benzene rings is 2. The van der Waals surface area contributed by atoms with Crippen LogP contribution in [-0.2, 0) is 4.79 Å². The molecule has 1 aliphatic heterocycles. The van der Waals surface area contributed by atoms with Crippen molar-refractivity contribution < 1.29 is 9.53 Å². The Morgan fingerprint density at radius 2 is 1.76 bits per heavy atom. The summed E-state index contributed by atoms with van der Waals surface area (Å²) in [5.74, 6) is 1.18. The fraction of sp³-hybridized carbons (Fsp3) is 0.259. The standard InChI is InChI=1S/C27H29N3O2S/c1-18(2)17-29-26(31)25(33-27(29)28-22-9-7-6-8-10-22)16-21-15-19(3)30(20(21)4)23-11-13-24(32-5)14-12-23/h6-16,18H,17H2,1-5H3/b25-16-,28-27?. The van der Waals surface area contributed by atoms with Crippen molar-refractivity contribution in [1.82, 2.24) is 9.47 Å². The summed E-state index contributed by atoms with van der Waals surface area (Å²) in [6.07, 6.45) is 2.00. The van der Waals surface area contributed by atoms with E-state index in [2.05, 4.69) is 38.3 Å². The number of amides is 1. The summed E-state index contributed by atoms with van der Waals surface area (Å²) in [7, 11) is 1.67. The number of amidine groups is 1. The van der Waals surface area contributed by atoms with Crippen molar-refractivity contribution in [3.63, 3.8) is 0 Å².